The second-order valence-corrected chi connectivity index (χ2v) is 6.93. The first-order valence-electron chi connectivity index (χ1n) is 7.54. The molecule has 144 valence electrons. The minimum atomic E-state index is -4.55. The van der Waals surface area contributed by atoms with Crippen LogP contribution in [0.15, 0.2) is 52.4 Å². The van der Waals surface area contributed by atoms with E-state index in [1.54, 1.807) is 0 Å². The number of nitro groups is 1. The number of hydrogen-bond donors (Lipinski definition) is 1. The molecule has 6 nitrogen and oxygen atoms in total. The Hall–Kier alpha value is -2.85. The zero-order valence-electron chi connectivity index (χ0n) is 13.7. The fourth-order valence-electron chi connectivity index (χ4n) is 2.21. The zero-order chi connectivity index (χ0) is 20.5. The van der Waals surface area contributed by atoms with E-state index in [9.17, 15) is 28.1 Å². The van der Waals surface area contributed by atoms with Gasteiger partial charge in [-0.15, -0.1) is 0 Å². The fourth-order valence-corrected chi connectivity index (χ4v) is 3.20. The molecule has 0 bridgehead atoms. The molecule has 11 heteroatoms. The Labute approximate surface area is 165 Å². The summed E-state index contributed by atoms with van der Waals surface area (Å²) in [5.74, 6) is -0.495. The van der Waals surface area contributed by atoms with Gasteiger partial charge in [0.05, 0.1) is 26.1 Å². The number of rotatable bonds is 3. The molecular weight excluding hydrogens is 419 g/mol. The number of halogens is 4. The third-order valence-electron chi connectivity index (χ3n) is 3.55. The summed E-state index contributed by atoms with van der Waals surface area (Å²) in [6, 6.07) is 8.24. The van der Waals surface area contributed by atoms with E-state index in [-0.39, 0.29) is 26.5 Å². The lowest BCUT2D eigenvalue weighted by Gasteiger charge is -2.08. The molecule has 0 unspecified atom stereocenters. The maximum absolute atomic E-state index is 12.8. The smallest absolute Gasteiger partial charge is 0.300 e. The molecular formula is C17H9ClF3N3O3S. The number of aliphatic imine (C=N–C) groups is 1. The zero-order valence-corrected chi connectivity index (χ0v) is 15.2. The maximum atomic E-state index is 12.8. The summed E-state index contributed by atoms with van der Waals surface area (Å²) in [4.78, 5) is 26.4. The molecule has 2 aromatic rings. The van der Waals surface area contributed by atoms with Crippen LogP contribution in [0.1, 0.15) is 11.1 Å². The largest absolute Gasteiger partial charge is 0.416 e. The van der Waals surface area contributed by atoms with E-state index in [1.807, 2.05) is 0 Å². The monoisotopic (exact) mass is 427 g/mol. The number of amides is 1. The van der Waals surface area contributed by atoms with Crippen LogP contribution in [0.3, 0.4) is 0 Å². The van der Waals surface area contributed by atoms with Gasteiger partial charge in [-0.05, 0) is 53.7 Å². The summed E-state index contributed by atoms with van der Waals surface area (Å²) in [6.45, 7) is 0. The molecule has 3 rings (SSSR count). The lowest BCUT2D eigenvalue weighted by molar-refractivity contribution is -0.384. The number of carbonyl (C=O) groups is 1. The quantitative estimate of drug-likeness (QED) is 0.416. The summed E-state index contributed by atoms with van der Waals surface area (Å²) < 4.78 is 38.5. The summed E-state index contributed by atoms with van der Waals surface area (Å²) in [7, 11) is 0. The van der Waals surface area contributed by atoms with E-state index in [1.165, 1.54) is 30.3 Å². The van der Waals surface area contributed by atoms with E-state index in [0.717, 1.165) is 30.0 Å². The molecule has 0 aliphatic carbocycles. The SMILES string of the molecule is O=C1NC(=Nc2cc(C(F)(F)F)ccc2Cl)S/C1=C\c1ccc([N+](=O)[O-])cc1. The van der Waals surface area contributed by atoms with Crippen LogP contribution in [-0.4, -0.2) is 16.0 Å². The molecule has 1 N–H and O–H groups in total. The minimum Gasteiger partial charge on any atom is -0.300 e. The lowest BCUT2D eigenvalue weighted by atomic mass is 10.2. The van der Waals surface area contributed by atoms with Gasteiger partial charge in [-0.1, -0.05) is 11.6 Å². The van der Waals surface area contributed by atoms with Crippen LogP contribution in [0.5, 0.6) is 0 Å². The van der Waals surface area contributed by atoms with Crippen LogP contribution in [0.4, 0.5) is 24.5 Å². The van der Waals surface area contributed by atoms with Gasteiger partial charge in [0.15, 0.2) is 5.17 Å². The van der Waals surface area contributed by atoms with Crippen molar-refractivity contribution in [2.75, 3.05) is 0 Å². The number of carbonyl (C=O) groups excluding carboxylic acids is 1. The number of amidine groups is 1. The Balaban J connectivity index is 1.85. The molecule has 1 fully saturated rings. The van der Waals surface area contributed by atoms with Crippen LogP contribution < -0.4 is 5.32 Å². The van der Waals surface area contributed by atoms with Crippen molar-refractivity contribution in [1.82, 2.24) is 5.32 Å². The van der Waals surface area contributed by atoms with Crippen molar-refractivity contribution in [3.05, 3.63) is 73.6 Å². The van der Waals surface area contributed by atoms with Gasteiger partial charge < -0.3 is 5.32 Å². The summed E-state index contributed by atoms with van der Waals surface area (Å²) in [5, 5.41) is 13.2. The van der Waals surface area contributed by atoms with Crippen LogP contribution in [0, 0.1) is 10.1 Å². The highest BCUT2D eigenvalue weighted by Crippen LogP contribution is 2.36. The van der Waals surface area contributed by atoms with Crippen LogP contribution >= 0.6 is 23.4 Å². The standard InChI is InChI=1S/C17H9ClF3N3O3S/c18-12-6-3-10(17(19,20)21)8-13(12)22-16-23-15(25)14(28-16)7-9-1-4-11(5-2-9)24(26)27/h1-8H,(H,22,23,25)/b14-7-. The summed E-state index contributed by atoms with van der Waals surface area (Å²) in [6.07, 6.45) is -3.06. The molecule has 0 radical (unpaired) electrons. The van der Waals surface area contributed by atoms with Crippen molar-refractivity contribution in [3.63, 3.8) is 0 Å². The topological polar surface area (TPSA) is 84.6 Å². The van der Waals surface area contributed by atoms with E-state index in [4.69, 9.17) is 11.6 Å². The molecule has 1 aliphatic heterocycles. The van der Waals surface area contributed by atoms with Crippen molar-refractivity contribution >= 4 is 51.9 Å². The third-order valence-corrected chi connectivity index (χ3v) is 4.78. The van der Waals surface area contributed by atoms with Gasteiger partial charge in [0.2, 0.25) is 0 Å². The first-order chi connectivity index (χ1) is 13.1. The van der Waals surface area contributed by atoms with Gasteiger partial charge in [-0.25, -0.2) is 4.99 Å². The first kappa shape index (κ1) is 19.9. The maximum Gasteiger partial charge on any atom is 0.416 e. The third kappa shape index (κ3) is 4.52. The predicted octanol–water partition coefficient (Wildman–Crippen LogP) is 5.16. The number of nitrogens with one attached hydrogen (secondary N) is 1. The van der Waals surface area contributed by atoms with Crippen molar-refractivity contribution in [2.45, 2.75) is 6.18 Å². The Kier molecular flexibility index (Phi) is 5.43. The highest BCUT2D eigenvalue weighted by molar-refractivity contribution is 8.18. The average molecular weight is 428 g/mol. The predicted molar refractivity (Wildman–Crippen MR) is 100 cm³/mol. The van der Waals surface area contributed by atoms with E-state index < -0.39 is 22.6 Å². The van der Waals surface area contributed by atoms with Gasteiger partial charge >= 0.3 is 6.18 Å². The molecule has 0 atom stereocenters. The number of hydrogen-bond acceptors (Lipinski definition) is 5. The van der Waals surface area contributed by atoms with Crippen molar-refractivity contribution in [2.24, 2.45) is 4.99 Å². The van der Waals surface area contributed by atoms with Crippen molar-refractivity contribution < 1.29 is 22.9 Å². The molecule has 1 heterocycles. The molecule has 0 aromatic heterocycles. The normalized spacial score (nSPS) is 17.2. The number of alkyl halides is 3. The molecule has 1 saturated heterocycles. The number of nitrogens with zero attached hydrogens (tertiary/aromatic N) is 2. The molecule has 0 spiro atoms. The second kappa shape index (κ2) is 7.64. The number of non-ortho nitro benzene ring substituents is 1. The van der Waals surface area contributed by atoms with Crippen molar-refractivity contribution in [1.29, 1.82) is 0 Å². The second-order valence-electron chi connectivity index (χ2n) is 5.49. The summed E-state index contributed by atoms with van der Waals surface area (Å²) >= 11 is 6.82. The highest BCUT2D eigenvalue weighted by atomic mass is 35.5. The fraction of sp³-hybridized carbons (Fsp3) is 0.0588. The van der Waals surface area contributed by atoms with Crippen LogP contribution in [0.25, 0.3) is 6.08 Å². The van der Waals surface area contributed by atoms with Crippen molar-refractivity contribution in [3.8, 4) is 0 Å². The molecule has 0 saturated carbocycles. The van der Waals surface area contributed by atoms with E-state index in [0.29, 0.717) is 5.56 Å². The van der Waals surface area contributed by atoms with Gasteiger partial charge in [-0.3, -0.25) is 14.9 Å². The molecule has 1 aliphatic rings. The molecule has 28 heavy (non-hydrogen) atoms. The Morgan fingerprint density at radius 2 is 1.86 bits per heavy atom. The number of thioether (sulfide) groups is 1. The molecule has 1 amide bonds. The lowest BCUT2D eigenvalue weighted by Crippen LogP contribution is -2.19. The number of nitro benzene ring substituents is 1. The van der Waals surface area contributed by atoms with E-state index in [2.05, 4.69) is 10.3 Å². The highest BCUT2D eigenvalue weighted by Gasteiger charge is 2.31. The molecule has 2 aromatic carbocycles. The van der Waals surface area contributed by atoms with Gasteiger partial charge in [0, 0.05) is 12.1 Å². The van der Waals surface area contributed by atoms with Crippen LogP contribution in [0.2, 0.25) is 5.02 Å². The summed E-state index contributed by atoms with van der Waals surface area (Å²) in [5.41, 5.74) is -0.586. The van der Waals surface area contributed by atoms with Gasteiger partial charge in [0.1, 0.15) is 0 Å². The Bertz CT molecular complexity index is 1020. The first-order valence-corrected chi connectivity index (χ1v) is 8.74. The number of benzene rings is 2. The van der Waals surface area contributed by atoms with E-state index >= 15 is 0 Å². The Morgan fingerprint density at radius 3 is 2.46 bits per heavy atom. The van der Waals surface area contributed by atoms with Crippen LogP contribution in [-0.2, 0) is 11.0 Å². The van der Waals surface area contributed by atoms with Gasteiger partial charge in [0.25, 0.3) is 11.6 Å². The Morgan fingerprint density at radius 1 is 1.18 bits per heavy atom. The van der Waals surface area contributed by atoms with Gasteiger partial charge in [-0.2, -0.15) is 13.2 Å². The average Bonchev–Trinajstić information content (AvgIpc) is 2.95. The minimum absolute atomic E-state index is 0.00291.